The van der Waals surface area contributed by atoms with Crippen LogP contribution in [0.5, 0.6) is 0 Å². The van der Waals surface area contributed by atoms with Crippen molar-refractivity contribution in [2.75, 3.05) is 13.1 Å². The second-order valence-electron chi connectivity index (χ2n) is 4.44. The molecule has 0 radical (unpaired) electrons. The lowest BCUT2D eigenvalue weighted by molar-refractivity contribution is 0.325. The normalized spacial score (nSPS) is 25.5. The standard InChI is InChI=1S/C10H22N2O2S/c1-9(2)15(13,14)12-7-5-3-4-6-10(12)8-11/h9-10H,3-8,11H2,1-2H3. The molecule has 1 fully saturated rings. The van der Waals surface area contributed by atoms with E-state index in [0.29, 0.717) is 13.1 Å². The lowest BCUT2D eigenvalue weighted by Crippen LogP contribution is -2.46. The summed E-state index contributed by atoms with van der Waals surface area (Å²) in [7, 11) is -3.13. The van der Waals surface area contributed by atoms with Crippen molar-refractivity contribution >= 4 is 10.0 Å². The Hall–Kier alpha value is -0.130. The molecular weight excluding hydrogens is 212 g/mol. The van der Waals surface area contributed by atoms with E-state index >= 15 is 0 Å². The smallest absolute Gasteiger partial charge is 0.216 e. The second kappa shape index (κ2) is 5.27. The average molecular weight is 234 g/mol. The summed E-state index contributed by atoms with van der Waals surface area (Å²) < 4.78 is 25.8. The van der Waals surface area contributed by atoms with Gasteiger partial charge < -0.3 is 5.73 Å². The van der Waals surface area contributed by atoms with E-state index in [2.05, 4.69) is 0 Å². The van der Waals surface area contributed by atoms with E-state index in [4.69, 9.17) is 5.73 Å². The van der Waals surface area contributed by atoms with Gasteiger partial charge in [0, 0.05) is 19.1 Å². The van der Waals surface area contributed by atoms with Crippen LogP contribution in [0.1, 0.15) is 39.5 Å². The van der Waals surface area contributed by atoms with Gasteiger partial charge in [0.2, 0.25) is 10.0 Å². The fraction of sp³-hybridized carbons (Fsp3) is 1.00. The van der Waals surface area contributed by atoms with Gasteiger partial charge in [-0.3, -0.25) is 0 Å². The number of nitrogens with two attached hydrogens (primary N) is 1. The molecule has 0 amide bonds. The minimum Gasteiger partial charge on any atom is -0.329 e. The van der Waals surface area contributed by atoms with Crippen LogP contribution in [0.15, 0.2) is 0 Å². The quantitative estimate of drug-likeness (QED) is 0.790. The molecule has 0 spiro atoms. The first-order valence-corrected chi connectivity index (χ1v) is 7.21. The van der Waals surface area contributed by atoms with Crippen molar-refractivity contribution in [3.63, 3.8) is 0 Å². The molecule has 15 heavy (non-hydrogen) atoms. The van der Waals surface area contributed by atoms with Gasteiger partial charge in [-0.1, -0.05) is 12.8 Å². The summed E-state index contributed by atoms with van der Waals surface area (Å²) >= 11 is 0. The summed E-state index contributed by atoms with van der Waals surface area (Å²) in [4.78, 5) is 0. The zero-order valence-electron chi connectivity index (χ0n) is 9.65. The molecule has 1 aliphatic heterocycles. The Morgan fingerprint density at radius 2 is 2.00 bits per heavy atom. The van der Waals surface area contributed by atoms with Crippen molar-refractivity contribution in [2.45, 2.75) is 50.8 Å². The van der Waals surface area contributed by atoms with Gasteiger partial charge in [0.15, 0.2) is 0 Å². The molecule has 1 heterocycles. The zero-order valence-corrected chi connectivity index (χ0v) is 10.5. The van der Waals surface area contributed by atoms with Crippen molar-refractivity contribution in [3.8, 4) is 0 Å². The van der Waals surface area contributed by atoms with Crippen molar-refractivity contribution in [1.82, 2.24) is 4.31 Å². The predicted octanol–water partition coefficient (Wildman–Crippen LogP) is 0.928. The summed E-state index contributed by atoms with van der Waals surface area (Å²) in [6.45, 7) is 4.54. The molecule has 0 aromatic carbocycles. The highest BCUT2D eigenvalue weighted by molar-refractivity contribution is 7.89. The molecule has 90 valence electrons. The highest BCUT2D eigenvalue weighted by Gasteiger charge is 2.32. The summed E-state index contributed by atoms with van der Waals surface area (Å²) in [6.07, 6.45) is 4.07. The van der Waals surface area contributed by atoms with E-state index < -0.39 is 10.0 Å². The molecule has 0 bridgehead atoms. The Bertz CT molecular complexity index is 288. The third-order valence-corrected chi connectivity index (χ3v) is 5.34. The summed E-state index contributed by atoms with van der Waals surface area (Å²) in [5.74, 6) is 0. The van der Waals surface area contributed by atoms with Crippen LogP contribution in [0.3, 0.4) is 0 Å². The van der Waals surface area contributed by atoms with Crippen LogP contribution in [0.4, 0.5) is 0 Å². The van der Waals surface area contributed by atoms with Crippen LogP contribution in [-0.4, -0.2) is 37.1 Å². The first-order valence-electron chi connectivity index (χ1n) is 5.71. The fourth-order valence-corrected chi connectivity index (χ4v) is 3.52. The first kappa shape index (κ1) is 12.9. The molecule has 1 aliphatic rings. The molecule has 4 nitrogen and oxygen atoms in total. The van der Waals surface area contributed by atoms with E-state index in [1.54, 1.807) is 18.2 Å². The lowest BCUT2D eigenvalue weighted by Gasteiger charge is -2.29. The third kappa shape index (κ3) is 2.92. The SMILES string of the molecule is CC(C)S(=O)(=O)N1CCCCCC1CN. The Kier molecular flexibility index (Phi) is 4.55. The van der Waals surface area contributed by atoms with E-state index in [1.165, 1.54) is 0 Å². The Morgan fingerprint density at radius 1 is 1.33 bits per heavy atom. The van der Waals surface area contributed by atoms with Crippen LogP contribution in [0.2, 0.25) is 0 Å². The molecule has 0 aromatic rings. The maximum absolute atomic E-state index is 12.1. The maximum Gasteiger partial charge on any atom is 0.216 e. The summed E-state index contributed by atoms with van der Waals surface area (Å²) in [5, 5.41) is -0.343. The predicted molar refractivity (Wildman–Crippen MR) is 62.1 cm³/mol. The van der Waals surface area contributed by atoms with Crippen LogP contribution >= 0.6 is 0 Å². The van der Waals surface area contributed by atoms with Crippen molar-refractivity contribution < 1.29 is 8.42 Å². The summed E-state index contributed by atoms with van der Waals surface area (Å²) in [6, 6.07) is 0.0138. The van der Waals surface area contributed by atoms with Crippen molar-refractivity contribution in [2.24, 2.45) is 5.73 Å². The van der Waals surface area contributed by atoms with Gasteiger partial charge in [0.1, 0.15) is 0 Å². The van der Waals surface area contributed by atoms with Gasteiger partial charge in [-0.15, -0.1) is 0 Å². The van der Waals surface area contributed by atoms with Crippen LogP contribution in [0, 0.1) is 0 Å². The largest absolute Gasteiger partial charge is 0.329 e. The zero-order chi connectivity index (χ0) is 11.5. The van der Waals surface area contributed by atoms with Crippen molar-refractivity contribution in [1.29, 1.82) is 0 Å². The van der Waals surface area contributed by atoms with E-state index in [1.807, 2.05) is 0 Å². The molecule has 1 rings (SSSR count). The molecule has 0 saturated carbocycles. The Balaban J connectivity index is 2.88. The topological polar surface area (TPSA) is 63.4 Å². The minimum atomic E-state index is -3.13. The minimum absolute atomic E-state index is 0.0138. The van der Waals surface area contributed by atoms with Gasteiger partial charge in [-0.05, 0) is 26.7 Å². The molecule has 2 N–H and O–H groups in total. The Labute approximate surface area is 92.9 Å². The summed E-state index contributed by atoms with van der Waals surface area (Å²) in [5.41, 5.74) is 5.65. The van der Waals surface area contributed by atoms with Crippen LogP contribution in [0.25, 0.3) is 0 Å². The monoisotopic (exact) mass is 234 g/mol. The number of hydrogen-bond acceptors (Lipinski definition) is 3. The molecule has 1 saturated heterocycles. The molecule has 1 unspecified atom stereocenters. The molecule has 0 aromatic heterocycles. The number of nitrogens with zero attached hydrogens (tertiary/aromatic N) is 1. The lowest BCUT2D eigenvalue weighted by atomic mass is 10.1. The highest BCUT2D eigenvalue weighted by atomic mass is 32.2. The number of hydrogen-bond donors (Lipinski definition) is 1. The maximum atomic E-state index is 12.1. The van der Waals surface area contributed by atoms with Crippen molar-refractivity contribution in [3.05, 3.63) is 0 Å². The van der Waals surface area contributed by atoms with E-state index in [-0.39, 0.29) is 11.3 Å². The first-order chi connectivity index (χ1) is 7.00. The van der Waals surface area contributed by atoms with Gasteiger partial charge >= 0.3 is 0 Å². The van der Waals surface area contributed by atoms with Crippen LogP contribution < -0.4 is 5.73 Å². The third-order valence-electron chi connectivity index (χ3n) is 3.02. The fourth-order valence-electron chi connectivity index (χ4n) is 1.99. The number of sulfonamides is 1. The highest BCUT2D eigenvalue weighted by Crippen LogP contribution is 2.21. The van der Waals surface area contributed by atoms with Gasteiger partial charge in [-0.25, -0.2) is 8.42 Å². The van der Waals surface area contributed by atoms with Gasteiger partial charge in [0.05, 0.1) is 5.25 Å². The Morgan fingerprint density at radius 3 is 2.53 bits per heavy atom. The molecule has 5 heteroatoms. The van der Waals surface area contributed by atoms with Gasteiger partial charge in [0.25, 0.3) is 0 Å². The van der Waals surface area contributed by atoms with E-state index in [0.717, 1.165) is 25.7 Å². The molecular formula is C10H22N2O2S. The van der Waals surface area contributed by atoms with E-state index in [9.17, 15) is 8.42 Å². The van der Waals surface area contributed by atoms with Crippen LogP contribution in [-0.2, 0) is 10.0 Å². The average Bonchev–Trinajstić information content (AvgIpc) is 2.41. The molecule has 1 atom stereocenters. The van der Waals surface area contributed by atoms with Gasteiger partial charge in [-0.2, -0.15) is 4.31 Å². The molecule has 0 aliphatic carbocycles. The number of rotatable bonds is 3. The second-order valence-corrected chi connectivity index (χ2v) is 6.89.